The minimum Gasteiger partial charge on any atom is -0.791 e. The van der Waals surface area contributed by atoms with Crippen LogP contribution >= 0.6 is 0 Å². The van der Waals surface area contributed by atoms with E-state index < -0.39 is 0 Å². The van der Waals surface area contributed by atoms with Crippen LogP contribution in [0.15, 0.2) is 190 Å². The molecule has 0 heterocycles. The molecule has 2 aliphatic carbocycles. The second kappa shape index (κ2) is 23.5. The molecule has 57 heavy (non-hydrogen) atoms. The molecule has 2 aliphatic rings. The molecular formula is C50H38HfN4O2+2. The zero-order valence-corrected chi connectivity index (χ0v) is 34.6. The molecule has 8 rings (SSSR count). The molecule has 0 saturated heterocycles. The van der Waals surface area contributed by atoms with Gasteiger partial charge in [-0.05, 0) is 99.6 Å². The average Bonchev–Trinajstić information content (AvgIpc) is 4.07. The Balaban J connectivity index is 0.000000491. The molecule has 272 valence electrons. The van der Waals surface area contributed by atoms with Crippen molar-refractivity contribution in [3.05, 3.63) is 267 Å². The van der Waals surface area contributed by atoms with Gasteiger partial charge in [0.15, 0.2) is 0 Å². The van der Waals surface area contributed by atoms with Crippen molar-refractivity contribution in [1.29, 1.82) is 0 Å². The Morgan fingerprint density at radius 1 is 0.281 bits per heavy atom. The van der Waals surface area contributed by atoms with Crippen LogP contribution in [0.3, 0.4) is 0 Å². The van der Waals surface area contributed by atoms with E-state index in [0.29, 0.717) is 33.9 Å². The molecule has 0 atom stereocenters. The normalized spacial score (nSPS) is 14.4. The van der Waals surface area contributed by atoms with Gasteiger partial charge in [0.2, 0.25) is 0 Å². The summed E-state index contributed by atoms with van der Waals surface area (Å²) in [6.45, 7) is 0. The maximum absolute atomic E-state index is 12.1. The van der Waals surface area contributed by atoms with Crippen LogP contribution in [0, 0.1) is 74.6 Å². The van der Waals surface area contributed by atoms with Crippen LogP contribution < -0.4 is 0 Å². The van der Waals surface area contributed by atoms with E-state index in [-0.39, 0.29) is 37.3 Å². The molecule has 0 aliphatic heterocycles. The van der Waals surface area contributed by atoms with E-state index in [0.717, 1.165) is 22.3 Å². The minimum atomic E-state index is 0. The Labute approximate surface area is 356 Å². The van der Waals surface area contributed by atoms with Crippen LogP contribution in [-0.4, -0.2) is 22.8 Å². The summed E-state index contributed by atoms with van der Waals surface area (Å²) in [5, 5.41) is 30.9. The van der Waals surface area contributed by atoms with Crippen molar-refractivity contribution in [2.24, 2.45) is 20.3 Å². The van der Waals surface area contributed by atoms with E-state index in [1.807, 2.05) is 234 Å². The third-order valence-electron chi connectivity index (χ3n) is 8.48. The molecule has 2 fully saturated rings. The molecule has 0 unspecified atom stereocenters. The number of benzene rings is 6. The van der Waals surface area contributed by atoms with E-state index in [4.69, 9.17) is 9.98 Å². The number of aliphatic imine (C=N–C) groups is 2. The Bertz CT molecular complexity index is 2000. The number of nitrogens with zero attached hydrogens (tertiary/aromatic N) is 4. The second-order valence-electron chi connectivity index (χ2n) is 12.3. The van der Waals surface area contributed by atoms with Gasteiger partial charge in [-0.15, -0.1) is 0 Å². The number of hydrogen-bond acceptors (Lipinski definition) is 6. The Morgan fingerprint density at radius 2 is 0.509 bits per heavy atom. The molecule has 0 aromatic heterocycles. The molecule has 0 N–H and O–H groups in total. The van der Waals surface area contributed by atoms with Gasteiger partial charge >= 0.3 is 25.8 Å². The van der Waals surface area contributed by atoms with Crippen molar-refractivity contribution in [3.8, 4) is 11.1 Å². The van der Waals surface area contributed by atoms with Gasteiger partial charge in [-0.1, -0.05) is 146 Å². The molecule has 6 aromatic rings. The topological polar surface area (TPSA) is 95.6 Å². The third-order valence-corrected chi connectivity index (χ3v) is 8.48. The maximum Gasteiger partial charge on any atom is 4.00 e. The smallest absolute Gasteiger partial charge is 0.791 e. The summed E-state index contributed by atoms with van der Waals surface area (Å²) in [5.41, 5.74) is 7.93. The Hall–Kier alpha value is -5.53. The molecule has 0 amide bonds. The van der Waals surface area contributed by atoms with Crippen LogP contribution in [-0.2, 0) is 25.8 Å². The predicted octanol–water partition coefficient (Wildman–Crippen LogP) is 11.6. The van der Waals surface area contributed by atoms with E-state index in [2.05, 4.69) is 10.3 Å². The van der Waals surface area contributed by atoms with E-state index in [1.54, 1.807) is 0 Å². The van der Waals surface area contributed by atoms with E-state index >= 15 is 0 Å². The molecular weight excluding hydrogens is 867 g/mol. The van der Waals surface area contributed by atoms with Gasteiger partial charge < -0.3 is 20.7 Å². The van der Waals surface area contributed by atoms with Gasteiger partial charge in [0.1, 0.15) is 0 Å². The van der Waals surface area contributed by atoms with Crippen molar-refractivity contribution in [3.63, 3.8) is 0 Å². The van der Waals surface area contributed by atoms with Gasteiger partial charge in [0, 0.05) is 22.3 Å². The predicted molar refractivity (Wildman–Crippen MR) is 233 cm³/mol. The summed E-state index contributed by atoms with van der Waals surface area (Å²) >= 11 is 0. The van der Waals surface area contributed by atoms with E-state index in [9.17, 15) is 10.4 Å². The fourth-order valence-corrected chi connectivity index (χ4v) is 5.71. The van der Waals surface area contributed by atoms with Gasteiger partial charge in [-0.25, -0.2) is 9.98 Å². The van der Waals surface area contributed by atoms with Crippen molar-refractivity contribution in [2.45, 2.75) is 0 Å². The number of hydrogen-bond donors (Lipinski definition) is 0. The first-order valence-corrected chi connectivity index (χ1v) is 18.1. The molecule has 2 saturated carbocycles. The van der Waals surface area contributed by atoms with Crippen LogP contribution in [0.5, 0.6) is 0 Å². The summed E-state index contributed by atoms with van der Waals surface area (Å²) in [4.78, 5) is 9.74. The molecule has 0 bridgehead atoms. The second-order valence-corrected chi connectivity index (χ2v) is 12.3. The van der Waals surface area contributed by atoms with Gasteiger partial charge in [0.25, 0.3) is 0 Å². The zero-order chi connectivity index (χ0) is 38.6. The largest absolute Gasteiger partial charge is 4.00 e. The summed E-state index contributed by atoms with van der Waals surface area (Å²) in [6, 6.07) is 53.5. The van der Waals surface area contributed by atoms with Crippen molar-refractivity contribution in [2.75, 3.05) is 0 Å². The van der Waals surface area contributed by atoms with Crippen LogP contribution in [0.25, 0.3) is 11.1 Å². The summed E-state index contributed by atoms with van der Waals surface area (Å²) in [5.74, 6) is 0. The van der Waals surface area contributed by atoms with Gasteiger partial charge in [-0.2, -0.15) is 0 Å². The monoisotopic (exact) mass is 906 g/mol. The quantitative estimate of drug-likeness (QED) is 0.0821. The summed E-state index contributed by atoms with van der Waals surface area (Å²) in [7, 11) is 0. The SMILES string of the molecule is [CH]1[CH][CH][CH][CH]1.[CH]1[CH][CH][CH][CH]1.[Hf+4].[O-]/N=C(/C(=Nc1ccc(-c2ccc(N=C(/C(=N/[O-])c3ccccc3)c3ccccc3)cc2)cc1)c1ccccc1)c1ccccc1. The summed E-state index contributed by atoms with van der Waals surface area (Å²) < 4.78 is 0. The van der Waals surface area contributed by atoms with Crippen molar-refractivity contribution in [1.82, 2.24) is 0 Å². The molecule has 6 nitrogen and oxygen atoms in total. The van der Waals surface area contributed by atoms with Crippen LogP contribution in [0.2, 0.25) is 0 Å². The van der Waals surface area contributed by atoms with Gasteiger partial charge in [-0.3, -0.25) is 0 Å². The van der Waals surface area contributed by atoms with Crippen molar-refractivity contribution < 1.29 is 25.8 Å². The summed E-state index contributed by atoms with van der Waals surface area (Å²) in [6.07, 6.45) is 20.0. The fourth-order valence-electron chi connectivity index (χ4n) is 5.71. The fraction of sp³-hybridized carbons (Fsp3) is 0. The molecule has 7 heteroatoms. The molecule has 0 spiro atoms. The Morgan fingerprint density at radius 3 is 0.737 bits per heavy atom. The van der Waals surface area contributed by atoms with E-state index in [1.165, 1.54) is 0 Å². The number of rotatable bonds is 9. The minimum absolute atomic E-state index is 0. The van der Waals surface area contributed by atoms with Crippen LogP contribution in [0.4, 0.5) is 11.4 Å². The first kappa shape index (κ1) is 42.6. The molecule has 6 aromatic carbocycles. The van der Waals surface area contributed by atoms with Crippen LogP contribution in [0.1, 0.15) is 22.3 Å². The molecule has 10 radical (unpaired) electrons. The third kappa shape index (κ3) is 12.7. The Kier molecular flexibility index (Phi) is 17.6. The zero-order valence-electron chi connectivity index (χ0n) is 31.0. The average molecular weight is 905 g/mol. The first-order chi connectivity index (χ1) is 27.7. The first-order valence-electron chi connectivity index (χ1n) is 18.1. The standard InChI is InChI=1S/C40H30N4O2.2C5H5.Hf/c45-43-39(33-17-9-3-10-18-33)37(31-13-5-1-6-14-31)41-35-25-21-29(22-26-35)30-23-27-36(28-24-30)42-38(32-15-7-2-8-16-32)40(44-46)34-19-11-4-12-20-34;2*1-2-4-5-3-1;/h1-28,45-46H;2*1-5H;/q;;;+4/p-2/b41-37?,42-38?,43-39+,44-40+;;;. The maximum atomic E-state index is 12.1. The van der Waals surface area contributed by atoms with Gasteiger partial charge in [0.05, 0.1) is 34.2 Å². The van der Waals surface area contributed by atoms with Crippen molar-refractivity contribution >= 4 is 34.2 Å².